The SMILES string of the molecule is CC[C@H](C)[C@H](NC(=O)[C@H](C)NC(=O)[C@H](Cc1ccccc1)NC(=O)[C@@H](N)CO)C(=O)N[C@@H](CCCCN)C(=O)N[C@@H](Cc1c[nH]c2ccccc12)C(=O)N[C@@H](CCC(=O)O)C(=O)N[C@@H](Cc1ccc(O)cc1)C(=O)N[C@H](C(=O)N[C@@H](CC(C)C)C(=O)N[C@@H](CC(C)C)C(=O)N[C@@H](CC(C)C)C(=O)N[C@@H](Cc1ccccc1)C(=O)N[C@@H](CC(C)C)C(=O)N[C@@H](CC(C)C)C(=O)O)C(C)C. The molecular formula is C96H143N17O20. The van der Waals surface area contributed by atoms with E-state index in [4.69, 9.17) is 11.5 Å². The number of nitrogens with one attached hydrogen (secondary N) is 15. The van der Waals surface area contributed by atoms with E-state index in [1.165, 1.54) is 31.2 Å². The van der Waals surface area contributed by atoms with E-state index in [2.05, 4.69) is 79.4 Å². The predicted molar refractivity (Wildman–Crippen MR) is 501 cm³/mol. The van der Waals surface area contributed by atoms with Crippen molar-refractivity contribution in [3.63, 3.8) is 0 Å². The number of amides is 14. The van der Waals surface area contributed by atoms with Gasteiger partial charge in [-0.25, -0.2) is 4.79 Å². The molecule has 1 heterocycles. The average Bonchev–Trinajstić information content (AvgIpc) is 1.61. The molecule has 1 aromatic heterocycles. The second-order valence-electron chi connectivity index (χ2n) is 36.8. The van der Waals surface area contributed by atoms with Gasteiger partial charge in [0.2, 0.25) is 82.7 Å². The molecule has 14 amide bonds. The van der Waals surface area contributed by atoms with Crippen molar-refractivity contribution in [1.29, 1.82) is 0 Å². The Hall–Kier alpha value is -12.4. The molecule has 0 aliphatic carbocycles. The van der Waals surface area contributed by atoms with Crippen molar-refractivity contribution in [2.75, 3.05) is 13.2 Å². The van der Waals surface area contributed by atoms with E-state index in [0.717, 1.165) is 0 Å². The summed E-state index contributed by atoms with van der Waals surface area (Å²) in [6.45, 7) is 25.5. The molecule has 0 spiro atoms. The second-order valence-corrected chi connectivity index (χ2v) is 36.8. The summed E-state index contributed by atoms with van der Waals surface area (Å²) in [5.74, 6) is -17.4. The normalized spacial score (nSPS) is 15.1. The number of rotatable bonds is 58. The van der Waals surface area contributed by atoms with Gasteiger partial charge in [-0.1, -0.05) is 194 Å². The maximum Gasteiger partial charge on any atom is 0.326 e. The van der Waals surface area contributed by atoms with E-state index < -0.39 is 217 Å². The Bertz CT molecular complexity index is 4660. The second kappa shape index (κ2) is 55.8. The van der Waals surface area contributed by atoms with Crippen molar-refractivity contribution in [2.24, 2.45) is 52.9 Å². The lowest BCUT2D eigenvalue weighted by Crippen LogP contribution is -2.62. The lowest BCUT2D eigenvalue weighted by molar-refractivity contribution is -0.143. The van der Waals surface area contributed by atoms with Crippen molar-refractivity contribution >= 4 is 106 Å². The number of carboxylic acid groups (broad SMARTS) is 2. The molecule has 0 unspecified atom stereocenters. The first kappa shape index (κ1) is 111. The van der Waals surface area contributed by atoms with Gasteiger partial charge in [0.15, 0.2) is 0 Å². The van der Waals surface area contributed by atoms with Gasteiger partial charge in [-0.15, -0.1) is 0 Å². The van der Waals surface area contributed by atoms with Crippen molar-refractivity contribution in [1.82, 2.24) is 79.4 Å². The Balaban J connectivity index is 1.44. The molecular weight excluding hydrogens is 1710 g/mol. The molecule has 133 heavy (non-hydrogen) atoms. The van der Waals surface area contributed by atoms with Crippen LogP contribution in [0.3, 0.4) is 0 Å². The Morgan fingerprint density at radius 1 is 0.353 bits per heavy atom. The quantitative estimate of drug-likeness (QED) is 0.0248. The van der Waals surface area contributed by atoms with Gasteiger partial charge in [0.1, 0.15) is 96.4 Å². The standard InChI is InChI=1S/C96H143N17O20/c1-16-58(14)81(113-82(118)59(15)100-86(122)74(103-83(119)66(98)51-114)46-60-27-19-17-20-28-60)95(131)102-68(33-25-26-40-97)84(120)109-77(49-63-50-99-67-32-24-23-31-65(63)67)92(128)101-69(38-39-79(116)117)85(121)107-76(48-62-34-36-64(115)37-35-62)93(129)112-80(57(12)13)94(130)110-73(44-55(8)9)89(125)105-70(41-52(2)3)87(123)104-71(42-53(4)5)88(124)108-75(47-61-29-21-18-22-30-61)91(127)106-72(43-54(6)7)90(126)111-78(96(132)133)45-56(10)11/h17-24,27-32,34-37,50,52-59,66,68-78,80-81,99,114-115H,16,25-26,33,38-49,51,97-98H2,1-15H3,(H,100,122)(H,101,128)(H,102,131)(H,103,119)(H,104,123)(H,105,125)(H,106,127)(H,107,121)(H,108,124)(H,109,120)(H,110,130)(H,111,126)(H,112,129)(H,113,118)(H,116,117)(H,132,133)/t58-,59-,66-,68-,69-,70-,71-,72-,73-,74-,75-,76-,77-,78-,80-,81-/m0/s1. The summed E-state index contributed by atoms with van der Waals surface area (Å²) in [6, 6.07) is 8.73. The third-order valence-corrected chi connectivity index (χ3v) is 22.4. The van der Waals surface area contributed by atoms with Gasteiger partial charge in [-0.2, -0.15) is 0 Å². The van der Waals surface area contributed by atoms with E-state index in [1.807, 2.05) is 27.7 Å². The Labute approximate surface area is 778 Å². The van der Waals surface area contributed by atoms with Gasteiger partial charge in [0, 0.05) is 49.2 Å². The number of phenols is 1. The van der Waals surface area contributed by atoms with Crippen molar-refractivity contribution in [3.05, 3.63) is 138 Å². The first-order valence-corrected chi connectivity index (χ1v) is 46.0. The lowest BCUT2D eigenvalue weighted by Gasteiger charge is -2.30. The molecule has 37 heteroatoms. The molecule has 0 fully saturated rings. The fraction of sp³-hybridized carbons (Fsp3) is 0.562. The number of aromatic amines is 1. The number of nitrogens with two attached hydrogens (primary N) is 2. The Kier molecular flexibility index (Phi) is 46.7. The maximum atomic E-state index is 15.3. The van der Waals surface area contributed by atoms with Crippen LogP contribution in [0.4, 0.5) is 0 Å². The number of aromatic hydroxyl groups is 1. The molecule has 0 bridgehead atoms. The molecule has 0 radical (unpaired) electrons. The Morgan fingerprint density at radius 2 is 0.692 bits per heavy atom. The molecule has 4 aromatic carbocycles. The lowest BCUT2D eigenvalue weighted by atomic mass is 9.96. The molecule has 0 aliphatic heterocycles. The zero-order valence-corrected chi connectivity index (χ0v) is 79.2. The fourth-order valence-electron chi connectivity index (χ4n) is 14.9. The summed E-state index contributed by atoms with van der Waals surface area (Å²) < 4.78 is 0. The number of phenolic OH excluding ortho intramolecular Hbond substituents is 1. The molecule has 5 rings (SSSR count). The van der Waals surface area contributed by atoms with E-state index in [9.17, 15) is 78.0 Å². The number of hydrogen-bond acceptors (Lipinski definition) is 20. The number of H-pyrrole nitrogens is 1. The van der Waals surface area contributed by atoms with Crippen LogP contribution < -0.4 is 85.9 Å². The summed E-state index contributed by atoms with van der Waals surface area (Å²) in [5.41, 5.74) is 14.4. The van der Waals surface area contributed by atoms with Crippen LogP contribution in [0, 0.1) is 41.4 Å². The minimum Gasteiger partial charge on any atom is -0.508 e. The van der Waals surface area contributed by atoms with Crippen LogP contribution in [-0.4, -0.2) is 224 Å². The number of carbonyl (C=O) groups excluding carboxylic acids is 14. The highest BCUT2D eigenvalue weighted by Gasteiger charge is 2.41. The van der Waals surface area contributed by atoms with E-state index in [1.54, 1.807) is 160 Å². The van der Waals surface area contributed by atoms with Gasteiger partial charge in [-0.3, -0.25) is 71.9 Å². The van der Waals surface area contributed by atoms with Crippen LogP contribution in [0.5, 0.6) is 5.75 Å². The first-order valence-electron chi connectivity index (χ1n) is 46.0. The number of aromatic nitrogens is 1. The van der Waals surface area contributed by atoms with Crippen LogP contribution >= 0.6 is 0 Å². The Morgan fingerprint density at radius 3 is 1.11 bits per heavy atom. The predicted octanol–water partition coefficient (Wildman–Crippen LogP) is 3.28. The number of unbranched alkanes of at least 4 members (excludes halogenated alkanes) is 1. The number of para-hydroxylation sites is 1. The third-order valence-electron chi connectivity index (χ3n) is 22.4. The zero-order valence-electron chi connectivity index (χ0n) is 79.2. The average molecular weight is 1860 g/mol. The number of aliphatic hydroxyl groups is 1. The molecule has 0 saturated carbocycles. The molecule has 16 atom stereocenters. The fourth-order valence-corrected chi connectivity index (χ4v) is 14.9. The molecule has 23 N–H and O–H groups in total. The zero-order chi connectivity index (χ0) is 99.0. The van der Waals surface area contributed by atoms with Crippen molar-refractivity contribution in [3.8, 4) is 5.75 Å². The molecule has 5 aromatic rings. The summed E-state index contributed by atoms with van der Waals surface area (Å²) in [7, 11) is 0. The number of hydrogen-bond donors (Lipinski definition) is 21. The minimum absolute atomic E-state index is 0.0143. The highest BCUT2D eigenvalue weighted by Crippen LogP contribution is 2.23. The third kappa shape index (κ3) is 38.4. The number of carbonyl (C=O) groups is 16. The topological polar surface area (TPSA) is 590 Å². The number of carboxylic acids is 2. The first-order chi connectivity index (χ1) is 62.8. The maximum absolute atomic E-state index is 15.3. The van der Waals surface area contributed by atoms with Gasteiger partial charge in [0.05, 0.1) is 6.61 Å². The number of fused-ring (bicyclic) bond motifs is 1. The number of aliphatic carboxylic acids is 2. The number of benzene rings is 4. The van der Waals surface area contributed by atoms with Crippen LogP contribution in [0.1, 0.15) is 197 Å². The minimum atomic E-state index is -1.80. The summed E-state index contributed by atoms with van der Waals surface area (Å²) in [5, 5.41) is 78.6. The van der Waals surface area contributed by atoms with Gasteiger partial charge in [-0.05, 0) is 153 Å². The summed E-state index contributed by atoms with van der Waals surface area (Å²) >= 11 is 0. The highest BCUT2D eigenvalue weighted by atomic mass is 16.4. The van der Waals surface area contributed by atoms with Crippen LogP contribution in [-0.2, 0) is 102 Å². The van der Waals surface area contributed by atoms with Crippen LogP contribution in [0.25, 0.3) is 10.9 Å². The van der Waals surface area contributed by atoms with Crippen molar-refractivity contribution in [2.45, 2.75) is 291 Å². The smallest absolute Gasteiger partial charge is 0.326 e. The van der Waals surface area contributed by atoms with Crippen LogP contribution in [0.2, 0.25) is 0 Å². The van der Waals surface area contributed by atoms with E-state index in [0.29, 0.717) is 46.0 Å². The molecule has 37 nitrogen and oxygen atoms in total. The van der Waals surface area contributed by atoms with Crippen LogP contribution in [0.15, 0.2) is 115 Å². The molecule has 0 aliphatic rings. The largest absolute Gasteiger partial charge is 0.508 e. The monoisotopic (exact) mass is 1850 g/mol. The van der Waals surface area contributed by atoms with E-state index >= 15 is 19.2 Å². The summed E-state index contributed by atoms with van der Waals surface area (Å²) in [4.78, 5) is 232. The van der Waals surface area contributed by atoms with Gasteiger partial charge >= 0.3 is 11.9 Å². The highest BCUT2D eigenvalue weighted by molar-refractivity contribution is 6.01. The van der Waals surface area contributed by atoms with Crippen molar-refractivity contribution < 1.29 is 97.1 Å². The van der Waals surface area contributed by atoms with Gasteiger partial charge in [0.25, 0.3) is 0 Å². The molecule has 0 saturated heterocycles. The summed E-state index contributed by atoms with van der Waals surface area (Å²) in [6.07, 6.45) is 0.613. The van der Waals surface area contributed by atoms with E-state index in [-0.39, 0.29) is 113 Å². The molecule has 732 valence electrons. The van der Waals surface area contributed by atoms with Gasteiger partial charge < -0.3 is 111 Å². The number of aliphatic hydroxyl groups excluding tert-OH is 1.